The van der Waals surface area contributed by atoms with E-state index in [0.29, 0.717) is 16.1 Å². The molecule has 0 aliphatic carbocycles. The Morgan fingerprint density at radius 3 is 2.71 bits per heavy atom. The third kappa shape index (κ3) is 5.57. The summed E-state index contributed by atoms with van der Waals surface area (Å²) in [4.78, 5) is 29.6. The van der Waals surface area contributed by atoms with Crippen molar-refractivity contribution in [3.05, 3.63) is 63.4 Å². The lowest BCUT2D eigenvalue weighted by Gasteiger charge is -2.13. The highest BCUT2D eigenvalue weighted by atomic mass is 35.5. The molecule has 6 nitrogen and oxygen atoms in total. The molecule has 0 bridgehead atoms. The van der Waals surface area contributed by atoms with Crippen molar-refractivity contribution >= 4 is 45.9 Å². The van der Waals surface area contributed by atoms with Crippen molar-refractivity contribution in [2.75, 3.05) is 24.8 Å². The number of carbonyl (C=O) groups is 1. The predicted octanol–water partition coefficient (Wildman–Crippen LogP) is 4.45. The summed E-state index contributed by atoms with van der Waals surface area (Å²) in [6.45, 7) is 0.496. The zero-order valence-corrected chi connectivity index (χ0v) is 17.8. The van der Waals surface area contributed by atoms with Crippen LogP contribution in [0, 0.1) is 0 Å². The number of fused-ring (bicyclic) bond motifs is 1. The van der Waals surface area contributed by atoms with Gasteiger partial charge in [-0.25, -0.2) is 4.98 Å². The van der Waals surface area contributed by atoms with Gasteiger partial charge in [0.15, 0.2) is 5.16 Å². The van der Waals surface area contributed by atoms with Gasteiger partial charge in [0.05, 0.1) is 46.1 Å². The normalized spacial score (nSPS) is 11.6. The molecule has 0 aliphatic rings. The van der Waals surface area contributed by atoms with Crippen LogP contribution in [0.25, 0.3) is 10.9 Å². The summed E-state index contributed by atoms with van der Waals surface area (Å²) in [5.41, 5.74) is -0.869. The smallest absolute Gasteiger partial charge is 0.383 e. The monoisotopic (exact) mass is 471 g/mol. The van der Waals surface area contributed by atoms with Crippen molar-refractivity contribution in [3.63, 3.8) is 0 Å². The molecule has 0 radical (unpaired) electrons. The Morgan fingerprint density at radius 1 is 1.26 bits per heavy atom. The second-order valence-corrected chi connectivity index (χ2v) is 7.74. The van der Waals surface area contributed by atoms with Crippen LogP contribution in [0.3, 0.4) is 0 Å². The molecular weight excluding hydrogens is 455 g/mol. The van der Waals surface area contributed by atoms with E-state index in [-0.39, 0.29) is 35.2 Å². The van der Waals surface area contributed by atoms with Gasteiger partial charge in [-0.15, -0.1) is 0 Å². The van der Waals surface area contributed by atoms with E-state index in [1.165, 1.54) is 11.7 Å². The molecule has 0 aliphatic heterocycles. The number of aromatic nitrogens is 2. The van der Waals surface area contributed by atoms with Crippen molar-refractivity contribution in [3.8, 4) is 0 Å². The lowest BCUT2D eigenvalue weighted by Crippen LogP contribution is -2.26. The van der Waals surface area contributed by atoms with Gasteiger partial charge in [-0.1, -0.05) is 35.5 Å². The third-order valence-electron chi connectivity index (χ3n) is 4.25. The molecule has 1 amide bonds. The average Bonchev–Trinajstić information content (AvgIpc) is 2.72. The molecule has 0 atom stereocenters. The minimum absolute atomic E-state index is 0.0211. The molecule has 1 N–H and O–H groups in total. The third-order valence-corrected chi connectivity index (χ3v) is 5.55. The summed E-state index contributed by atoms with van der Waals surface area (Å²) < 4.78 is 45.2. The number of para-hydroxylation sites is 1. The average molecular weight is 472 g/mol. The molecule has 3 aromatic rings. The van der Waals surface area contributed by atoms with Crippen molar-refractivity contribution in [1.82, 2.24) is 9.55 Å². The van der Waals surface area contributed by atoms with E-state index in [4.69, 9.17) is 16.3 Å². The van der Waals surface area contributed by atoms with E-state index in [1.807, 2.05) is 0 Å². The molecular formula is C20H17ClF3N3O3S. The van der Waals surface area contributed by atoms with Gasteiger partial charge >= 0.3 is 6.18 Å². The first-order chi connectivity index (χ1) is 14.7. The van der Waals surface area contributed by atoms with Crippen LogP contribution < -0.4 is 10.9 Å². The van der Waals surface area contributed by atoms with Crippen LogP contribution in [0.15, 0.2) is 52.4 Å². The Morgan fingerprint density at radius 2 is 2.00 bits per heavy atom. The number of carbonyl (C=O) groups excluding carboxylic acids is 1. The summed E-state index contributed by atoms with van der Waals surface area (Å²) in [5, 5.41) is 3.09. The number of nitrogens with one attached hydrogen (secondary N) is 1. The highest BCUT2D eigenvalue weighted by Crippen LogP contribution is 2.34. The van der Waals surface area contributed by atoms with Crippen LogP contribution in [0.1, 0.15) is 5.56 Å². The van der Waals surface area contributed by atoms with Crippen LogP contribution in [-0.4, -0.2) is 34.9 Å². The second kappa shape index (κ2) is 9.71. The number of amides is 1. The minimum atomic E-state index is -4.56. The largest absolute Gasteiger partial charge is 0.416 e. The van der Waals surface area contributed by atoms with Gasteiger partial charge in [0, 0.05) is 7.11 Å². The molecule has 31 heavy (non-hydrogen) atoms. The Balaban J connectivity index is 1.81. The Bertz CT molecular complexity index is 1170. The molecule has 1 heterocycles. The topological polar surface area (TPSA) is 73.2 Å². The number of rotatable bonds is 7. The molecule has 164 valence electrons. The number of halogens is 4. The molecule has 0 spiro atoms. The standard InChI is InChI=1S/C20H17ClF3N3O3S/c1-30-9-8-27-18(29)13-4-2-3-5-15(13)26-19(27)31-11-17(28)25-16-10-12(20(22,23)24)6-7-14(16)21/h2-7,10H,8-9,11H2,1H3,(H,25,28). The molecule has 0 fully saturated rings. The fraction of sp³-hybridized carbons (Fsp3) is 0.250. The number of ether oxygens (including phenoxy) is 1. The maximum Gasteiger partial charge on any atom is 0.416 e. The number of hydrogen-bond donors (Lipinski definition) is 1. The van der Waals surface area contributed by atoms with Crippen molar-refractivity contribution in [2.24, 2.45) is 0 Å². The number of benzene rings is 2. The Hall–Kier alpha value is -2.56. The van der Waals surface area contributed by atoms with E-state index in [2.05, 4.69) is 10.3 Å². The molecule has 0 saturated carbocycles. The fourth-order valence-corrected chi connectivity index (χ4v) is 3.74. The molecule has 0 unspecified atom stereocenters. The van der Waals surface area contributed by atoms with Crippen molar-refractivity contribution < 1.29 is 22.7 Å². The molecule has 11 heteroatoms. The van der Waals surface area contributed by atoms with E-state index >= 15 is 0 Å². The number of alkyl halides is 3. The van der Waals surface area contributed by atoms with E-state index in [0.717, 1.165) is 30.0 Å². The van der Waals surface area contributed by atoms with Gasteiger partial charge in [-0.2, -0.15) is 13.2 Å². The van der Waals surface area contributed by atoms with Crippen molar-refractivity contribution in [2.45, 2.75) is 17.9 Å². The van der Waals surface area contributed by atoms with E-state index < -0.39 is 17.6 Å². The summed E-state index contributed by atoms with van der Waals surface area (Å²) >= 11 is 6.90. The number of nitrogens with zero attached hydrogens (tertiary/aromatic N) is 2. The van der Waals surface area contributed by atoms with Gasteiger partial charge in [-0.05, 0) is 30.3 Å². The second-order valence-electron chi connectivity index (χ2n) is 6.39. The van der Waals surface area contributed by atoms with Crippen LogP contribution in [0.2, 0.25) is 5.02 Å². The van der Waals surface area contributed by atoms with Crippen LogP contribution in [0.5, 0.6) is 0 Å². The van der Waals surface area contributed by atoms with Gasteiger partial charge in [-0.3, -0.25) is 14.2 Å². The lowest BCUT2D eigenvalue weighted by atomic mass is 10.2. The fourth-order valence-electron chi connectivity index (χ4n) is 2.75. The Labute approximate surface area is 184 Å². The van der Waals surface area contributed by atoms with Gasteiger partial charge in [0.1, 0.15) is 0 Å². The molecule has 2 aromatic carbocycles. The maximum absolute atomic E-state index is 12.9. The number of methoxy groups -OCH3 is 1. The van der Waals surface area contributed by atoms with Crippen LogP contribution >= 0.6 is 23.4 Å². The molecule has 3 rings (SSSR count). The van der Waals surface area contributed by atoms with Crippen molar-refractivity contribution in [1.29, 1.82) is 0 Å². The number of anilines is 1. The lowest BCUT2D eigenvalue weighted by molar-refractivity contribution is -0.137. The van der Waals surface area contributed by atoms with Gasteiger partial charge in [0.2, 0.25) is 5.91 Å². The maximum atomic E-state index is 12.9. The zero-order chi connectivity index (χ0) is 22.6. The molecule has 0 saturated heterocycles. The van der Waals surface area contributed by atoms with E-state index in [9.17, 15) is 22.8 Å². The molecule has 1 aromatic heterocycles. The summed E-state index contributed by atoms with van der Waals surface area (Å²) in [6, 6.07) is 9.49. The van der Waals surface area contributed by atoms with E-state index in [1.54, 1.807) is 24.3 Å². The number of hydrogen-bond acceptors (Lipinski definition) is 5. The van der Waals surface area contributed by atoms with Crippen LogP contribution in [-0.2, 0) is 22.3 Å². The SMILES string of the molecule is COCCn1c(SCC(=O)Nc2cc(C(F)(F)F)ccc2Cl)nc2ccccc2c1=O. The van der Waals surface area contributed by atoms with Gasteiger partial charge in [0.25, 0.3) is 5.56 Å². The number of thioether (sulfide) groups is 1. The van der Waals surface area contributed by atoms with Gasteiger partial charge < -0.3 is 10.1 Å². The zero-order valence-electron chi connectivity index (χ0n) is 16.2. The van der Waals surface area contributed by atoms with Crippen LogP contribution in [0.4, 0.5) is 18.9 Å². The first-order valence-electron chi connectivity index (χ1n) is 8.98. The Kier molecular flexibility index (Phi) is 7.24. The minimum Gasteiger partial charge on any atom is -0.383 e. The quantitative estimate of drug-likeness (QED) is 0.407. The highest BCUT2D eigenvalue weighted by Gasteiger charge is 2.31. The highest BCUT2D eigenvalue weighted by molar-refractivity contribution is 7.99. The predicted molar refractivity (Wildman–Crippen MR) is 114 cm³/mol. The summed E-state index contributed by atoms with van der Waals surface area (Å²) in [7, 11) is 1.50. The first-order valence-corrected chi connectivity index (χ1v) is 10.3. The first kappa shape index (κ1) is 23.1. The summed E-state index contributed by atoms with van der Waals surface area (Å²) in [5.74, 6) is -0.781. The summed E-state index contributed by atoms with van der Waals surface area (Å²) in [6.07, 6.45) is -4.56.